The Morgan fingerprint density at radius 1 is 1.33 bits per heavy atom. The average molecular weight is 291 g/mol. The van der Waals surface area contributed by atoms with E-state index in [0.29, 0.717) is 22.6 Å². The number of hydrogen-bond donors (Lipinski definition) is 0. The van der Waals surface area contributed by atoms with E-state index in [4.69, 9.17) is 9.47 Å². The quantitative estimate of drug-likeness (QED) is 0.782. The van der Waals surface area contributed by atoms with Crippen molar-refractivity contribution in [1.29, 1.82) is 0 Å². The van der Waals surface area contributed by atoms with E-state index in [1.807, 2.05) is 0 Å². The maximum absolute atomic E-state index is 11.9. The Morgan fingerprint density at radius 3 is 2.67 bits per heavy atom. The number of hydrogen-bond acceptors (Lipinski definition) is 5. The second-order valence-corrected chi connectivity index (χ2v) is 5.00. The van der Waals surface area contributed by atoms with Gasteiger partial charge in [-0.25, -0.2) is 0 Å². The average Bonchev–Trinajstić information content (AvgIpc) is 2.44. The van der Waals surface area contributed by atoms with Crippen molar-refractivity contribution in [3.8, 4) is 11.5 Å². The summed E-state index contributed by atoms with van der Waals surface area (Å²) in [7, 11) is 3.24. The van der Waals surface area contributed by atoms with Gasteiger partial charge in [0.1, 0.15) is 11.5 Å². The number of carbonyl (C=O) groups is 3. The van der Waals surface area contributed by atoms with Crippen LogP contribution in [0.15, 0.2) is 12.1 Å². The third kappa shape index (κ3) is 3.21. The predicted octanol–water partition coefficient (Wildman–Crippen LogP) is 1.32. The highest BCUT2D eigenvalue weighted by atomic mass is 16.5. The van der Waals surface area contributed by atoms with Crippen LogP contribution < -0.4 is 9.47 Å². The minimum Gasteiger partial charge on any atom is -0.492 e. The number of fused-ring (bicyclic) bond motifs is 1. The number of Topliss-reactive ketones (excluding diaryl/α,β-unsaturated/α-hetero) is 2. The molecule has 0 unspecified atom stereocenters. The van der Waals surface area contributed by atoms with Gasteiger partial charge in [0.15, 0.2) is 18.2 Å². The van der Waals surface area contributed by atoms with Crippen molar-refractivity contribution in [2.24, 2.45) is 0 Å². The molecule has 1 aromatic carbocycles. The lowest BCUT2D eigenvalue weighted by Crippen LogP contribution is -2.27. The summed E-state index contributed by atoms with van der Waals surface area (Å²) < 4.78 is 10.8. The summed E-state index contributed by atoms with van der Waals surface area (Å²) in [5.41, 5.74) is 0.633. The number of rotatable bonds is 4. The van der Waals surface area contributed by atoms with E-state index in [9.17, 15) is 14.4 Å². The third-order valence-electron chi connectivity index (χ3n) is 3.18. The topological polar surface area (TPSA) is 72.9 Å². The van der Waals surface area contributed by atoms with Gasteiger partial charge >= 0.3 is 0 Å². The SMILES string of the molecule is CC(=O)c1cc(OCC(=O)N(C)C)cc2c1OCCC2=O. The van der Waals surface area contributed by atoms with Crippen LogP contribution in [0.3, 0.4) is 0 Å². The van der Waals surface area contributed by atoms with E-state index in [2.05, 4.69) is 0 Å². The number of ether oxygens (including phenoxy) is 2. The number of nitrogens with zero attached hydrogens (tertiary/aromatic N) is 1. The summed E-state index contributed by atoms with van der Waals surface area (Å²) in [6.07, 6.45) is 0.268. The molecule has 0 aliphatic carbocycles. The zero-order valence-corrected chi connectivity index (χ0v) is 12.3. The third-order valence-corrected chi connectivity index (χ3v) is 3.18. The first-order valence-corrected chi connectivity index (χ1v) is 6.58. The highest BCUT2D eigenvalue weighted by Crippen LogP contribution is 2.33. The van der Waals surface area contributed by atoms with Crippen molar-refractivity contribution in [2.45, 2.75) is 13.3 Å². The second-order valence-electron chi connectivity index (χ2n) is 5.00. The monoisotopic (exact) mass is 291 g/mol. The number of amides is 1. The maximum atomic E-state index is 11.9. The molecule has 6 heteroatoms. The van der Waals surface area contributed by atoms with E-state index in [1.54, 1.807) is 14.1 Å². The van der Waals surface area contributed by atoms with Crippen LogP contribution in [0.5, 0.6) is 11.5 Å². The van der Waals surface area contributed by atoms with Crippen LogP contribution in [0.1, 0.15) is 34.1 Å². The summed E-state index contributed by atoms with van der Waals surface area (Å²) in [5.74, 6) is 0.103. The molecule has 0 saturated carbocycles. The van der Waals surface area contributed by atoms with E-state index in [-0.39, 0.29) is 37.1 Å². The number of benzene rings is 1. The zero-order valence-electron chi connectivity index (χ0n) is 12.3. The van der Waals surface area contributed by atoms with Crippen molar-refractivity contribution in [1.82, 2.24) is 4.90 Å². The Hall–Kier alpha value is -2.37. The molecular weight excluding hydrogens is 274 g/mol. The summed E-state index contributed by atoms with van der Waals surface area (Å²) in [5, 5.41) is 0. The smallest absolute Gasteiger partial charge is 0.259 e. The van der Waals surface area contributed by atoms with Crippen molar-refractivity contribution < 1.29 is 23.9 Å². The molecule has 0 radical (unpaired) electrons. The van der Waals surface area contributed by atoms with Crippen LogP contribution in [0.4, 0.5) is 0 Å². The second kappa shape index (κ2) is 5.95. The Morgan fingerprint density at radius 2 is 2.05 bits per heavy atom. The first kappa shape index (κ1) is 15.0. The highest BCUT2D eigenvalue weighted by molar-refractivity contribution is 6.06. The number of likely N-dealkylation sites (N-methyl/N-ethyl adjacent to an activating group) is 1. The van der Waals surface area contributed by atoms with Crippen LogP contribution in [0.2, 0.25) is 0 Å². The van der Waals surface area contributed by atoms with E-state index >= 15 is 0 Å². The van der Waals surface area contributed by atoms with Crippen LogP contribution >= 0.6 is 0 Å². The largest absolute Gasteiger partial charge is 0.492 e. The fraction of sp³-hybridized carbons (Fsp3) is 0.400. The normalized spacial score (nSPS) is 13.2. The lowest BCUT2D eigenvalue weighted by molar-refractivity contribution is -0.130. The predicted molar refractivity (Wildman–Crippen MR) is 75.1 cm³/mol. The Labute approximate surface area is 122 Å². The molecule has 21 heavy (non-hydrogen) atoms. The summed E-state index contributed by atoms with van der Waals surface area (Å²) in [6, 6.07) is 3.02. The molecular formula is C15H17NO5. The first-order chi connectivity index (χ1) is 9.90. The highest BCUT2D eigenvalue weighted by Gasteiger charge is 2.25. The van der Waals surface area contributed by atoms with E-state index in [1.165, 1.54) is 24.0 Å². The molecule has 2 rings (SSSR count). The van der Waals surface area contributed by atoms with Crippen molar-refractivity contribution >= 4 is 17.5 Å². The molecule has 0 bridgehead atoms. The van der Waals surface area contributed by atoms with Gasteiger partial charge in [0.25, 0.3) is 5.91 Å². The lowest BCUT2D eigenvalue weighted by atomic mass is 9.99. The minimum absolute atomic E-state index is 0.0943. The van der Waals surface area contributed by atoms with E-state index < -0.39 is 0 Å². The molecule has 6 nitrogen and oxygen atoms in total. The van der Waals surface area contributed by atoms with Crippen molar-refractivity contribution in [2.75, 3.05) is 27.3 Å². The molecule has 112 valence electrons. The van der Waals surface area contributed by atoms with Crippen LogP contribution in [-0.4, -0.2) is 49.7 Å². The van der Waals surface area contributed by atoms with Gasteiger partial charge in [0.2, 0.25) is 0 Å². The molecule has 0 aromatic heterocycles. The van der Waals surface area contributed by atoms with Crippen LogP contribution in [0.25, 0.3) is 0 Å². The molecule has 1 aromatic rings. The molecule has 1 aliphatic heterocycles. The van der Waals surface area contributed by atoms with Gasteiger partial charge in [0, 0.05) is 20.5 Å². The van der Waals surface area contributed by atoms with Crippen LogP contribution in [-0.2, 0) is 4.79 Å². The first-order valence-electron chi connectivity index (χ1n) is 6.58. The molecule has 1 amide bonds. The Bertz CT molecular complexity index is 589. The number of carbonyl (C=O) groups excluding carboxylic acids is 3. The van der Waals surface area contributed by atoms with Gasteiger partial charge in [-0.15, -0.1) is 0 Å². The Kier molecular flexibility index (Phi) is 4.26. The zero-order chi connectivity index (χ0) is 15.6. The summed E-state index contributed by atoms with van der Waals surface area (Å²) >= 11 is 0. The molecule has 0 N–H and O–H groups in total. The minimum atomic E-state index is -0.217. The van der Waals surface area contributed by atoms with E-state index in [0.717, 1.165) is 0 Å². The fourth-order valence-electron chi connectivity index (χ4n) is 1.96. The number of ketones is 2. The van der Waals surface area contributed by atoms with Crippen LogP contribution in [0, 0.1) is 0 Å². The summed E-state index contributed by atoms with van der Waals surface area (Å²) in [4.78, 5) is 36.6. The lowest BCUT2D eigenvalue weighted by Gasteiger charge is -2.20. The molecule has 0 spiro atoms. The van der Waals surface area contributed by atoms with Crippen molar-refractivity contribution in [3.63, 3.8) is 0 Å². The molecule has 1 heterocycles. The van der Waals surface area contributed by atoms with Gasteiger partial charge < -0.3 is 14.4 Å². The molecule has 0 atom stereocenters. The van der Waals surface area contributed by atoms with Gasteiger partial charge in [0.05, 0.1) is 17.7 Å². The summed E-state index contributed by atoms with van der Waals surface area (Å²) in [6.45, 7) is 1.51. The Balaban J connectivity index is 2.33. The van der Waals surface area contributed by atoms with Gasteiger partial charge in [-0.05, 0) is 19.1 Å². The van der Waals surface area contributed by atoms with Crippen molar-refractivity contribution in [3.05, 3.63) is 23.3 Å². The molecule has 0 saturated heterocycles. The van der Waals surface area contributed by atoms with Gasteiger partial charge in [-0.2, -0.15) is 0 Å². The van der Waals surface area contributed by atoms with Gasteiger partial charge in [-0.1, -0.05) is 0 Å². The molecule has 0 fully saturated rings. The standard InChI is InChI=1S/C15H17NO5/c1-9(17)11-6-10(21-8-14(19)16(2)3)7-12-13(18)4-5-20-15(11)12/h6-7H,4-5,8H2,1-3H3. The molecule has 1 aliphatic rings. The van der Waals surface area contributed by atoms with Gasteiger partial charge in [-0.3, -0.25) is 14.4 Å². The fourth-order valence-corrected chi connectivity index (χ4v) is 1.96. The maximum Gasteiger partial charge on any atom is 0.259 e.